The smallest absolute Gasteiger partial charge is 0.410 e. The number of aromatic nitrogens is 5. The van der Waals surface area contributed by atoms with Crippen molar-refractivity contribution in [3.63, 3.8) is 0 Å². The molecule has 1 amide bonds. The zero-order valence-electron chi connectivity index (χ0n) is 33.2. The van der Waals surface area contributed by atoms with Crippen LogP contribution in [0.2, 0.25) is 0 Å². The van der Waals surface area contributed by atoms with Gasteiger partial charge in [-0.3, -0.25) is 5.32 Å². The second kappa shape index (κ2) is 17.5. The van der Waals surface area contributed by atoms with E-state index in [0.29, 0.717) is 62.1 Å². The molecule has 1 fully saturated rings. The van der Waals surface area contributed by atoms with Crippen molar-refractivity contribution in [3.8, 4) is 39.8 Å². The highest BCUT2D eigenvalue weighted by molar-refractivity contribution is 7.89. The summed E-state index contributed by atoms with van der Waals surface area (Å²) in [6, 6.07) is 31.6. The predicted molar refractivity (Wildman–Crippen MR) is 229 cm³/mol. The number of thiazole rings is 1. The van der Waals surface area contributed by atoms with Crippen molar-refractivity contribution in [3.05, 3.63) is 125 Å². The highest BCUT2D eigenvalue weighted by Crippen LogP contribution is 2.45. The highest BCUT2D eigenvalue weighted by Gasteiger charge is 2.36. The fourth-order valence-corrected chi connectivity index (χ4v) is 10.2. The first-order valence-electron chi connectivity index (χ1n) is 19.3. The van der Waals surface area contributed by atoms with Crippen LogP contribution in [0.15, 0.2) is 108 Å². The van der Waals surface area contributed by atoms with E-state index in [-0.39, 0.29) is 35.5 Å². The van der Waals surface area contributed by atoms with Crippen molar-refractivity contribution in [2.75, 3.05) is 26.6 Å². The van der Waals surface area contributed by atoms with Crippen molar-refractivity contribution in [2.24, 2.45) is 5.92 Å². The molecule has 0 atom stereocenters. The third-order valence-corrected chi connectivity index (χ3v) is 13.6. The summed E-state index contributed by atoms with van der Waals surface area (Å²) in [4.78, 5) is 16.5. The van der Waals surface area contributed by atoms with Gasteiger partial charge in [0, 0.05) is 24.2 Å². The van der Waals surface area contributed by atoms with E-state index in [4.69, 9.17) is 19.2 Å². The monoisotopic (exact) mass is 845 g/mol. The Bertz CT molecular complexity index is 2680. The first kappa shape index (κ1) is 40.4. The van der Waals surface area contributed by atoms with Crippen molar-refractivity contribution >= 4 is 42.8 Å². The number of tetrazole rings is 1. The Balaban J connectivity index is 1.38. The van der Waals surface area contributed by atoms with E-state index < -0.39 is 16.1 Å². The Morgan fingerprint density at radius 2 is 1.42 bits per heavy atom. The molecule has 1 aliphatic rings. The molecule has 14 nitrogen and oxygen atoms in total. The molecule has 0 aliphatic heterocycles. The van der Waals surface area contributed by atoms with E-state index in [2.05, 4.69) is 20.8 Å². The quantitative estimate of drug-likeness (QED) is 0.0956. The number of anilines is 1. The zero-order chi connectivity index (χ0) is 41.8. The third kappa shape index (κ3) is 8.52. The summed E-state index contributed by atoms with van der Waals surface area (Å²) in [5, 5.41) is 25.2. The summed E-state index contributed by atoms with van der Waals surface area (Å²) >= 11 is 1.19. The van der Waals surface area contributed by atoms with Gasteiger partial charge in [0.2, 0.25) is 10.0 Å². The van der Waals surface area contributed by atoms with Gasteiger partial charge < -0.3 is 19.3 Å². The van der Waals surface area contributed by atoms with E-state index in [1.807, 2.05) is 103 Å². The number of sulfonamides is 1. The molecule has 60 heavy (non-hydrogen) atoms. The lowest BCUT2D eigenvalue weighted by Crippen LogP contribution is -2.32. The second-order valence-corrected chi connectivity index (χ2v) is 17.5. The Labute approximate surface area is 351 Å². The number of nitrogens with one attached hydrogen (secondary N) is 1. The Morgan fingerprint density at radius 3 is 1.97 bits per heavy atom. The fourth-order valence-electron chi connectivity index (χ4n) is 7.46. The molecular weight excluding hydrogens is 803 g/mol. The largest absolute Gasteiger partial charge is 0.497 e. The molecule has 2 aromatic heterocycles. The molecule has 2 N–H and O–H groups in total. The van der Waals surface area contributed by atoms with E-state index in [1.54, 1.807) is 26.0 Å². The number of para-hydroxylation sites is 1. The van der Waals surface area contributed by atoms with E-state index in [9.17, 15) is 9.90 Å². The number of ether oxygens (including phenoxy) is 3. The van der Waals surface area contributed by atoms with E-state index >= 15 is 8.42 Å². The maximum absolute atomic E-state index is 16.0. The van der Waals surface area contributed by atoms with Crippen LogP contribution in [0.25, 0.3) is 32.7 Å². The van der Waals surface area contributed by atoms with Gasteiger partial charge in [0.25, 0.3) is 0 Å². The lowest BCUT2D eigenvalue weighted by molar-refractivity contribution is 0.209. The highest BCUT2D eigenvalue weighted by atomic mass is 32.2. The number of methoxy groups -OCH3 is 3. The van der Waals surface area contributed by atoms with Crippen molar-refractivity contribution in [1.82, 2.24) is 29.5 Å². The maximum atomic E-state index is 16.0. The third-order valence-electron chi connectivity index (χ3n) is 10.8. The molecule has 308 valence electrons. The van der Waals surface area contributed by atoms with Crippen molar-refractivity contribution in [1.29, 1.82) is 0 Å². The predicted octanol–water partition coefficient (Wildman–Crippen LogP) is 8.51. The van der Waals surface area contributed by atoms with Gasteiger partial charge in [0.15, 0.2) is 11.0 Å². The Morgan fingerprint density at radius 1 is 0.817 bits per heavy atom. The molecule has 7 aromatic rings. The molecule has 8 rings (SSSR count). The molecule has 1 saturated carbocycles. The standard InChI is InChI=1S/C44H43N7O7S2/c1-56-33-17-10-29(11-18-33)25-50(26-30-12-19-34(57-2)20-13-30)60(54,55)41-32(24-28-6-4-7-28)16-23-36(37-8-5-9-38-40(37)45-43(59-38)46-44(52)53)39(41)42-47-48-49-51(42)27-31-14-21-35(58-3)22-15-31/h5,8-23,28H,4,6-7,24-27H2,1-3H3,(H,45,46)(H,52,53). The maximum Gasteiger partial charge on any atom is 0.410 e. The molecule has 0 unspecified atom stereocenters. The number of hydrogen-bond acceptors (Lipinski definition) is 11. The molecule has 0 saturated heterocycles. The molecule has 0 spiro atoms. The topological polar surface area (TPSA) is 171 Å². The molecule has 16 heteroatoms. The minimum absolute atomic E-state index is 0.0492. The van der Waals surface area contributed by atoms with Crippen LogP contribution in [-0.2, 0) is 36.1 Å². The Hall–Kier alpha value is -6.36. The lowest BCUT2D eigenvalue weighted by Gasteiger charge is -2.30. The summed E-state index contributed by atoms with van der Waals surface area (Å²) in [7, 11) is 0.378. The minimum atomic E-state index is -4.40. The van der Waals surface area contributed by atoms with Crippen LogP contribution < -0.4 is 19.5 Å². The summed E-state index contributed by atoms with van der Waals surface area (Å²) in [5.74, 6) is 2.55. The molecule has 2 heterocycles. The van der Waals surface area contributed by atoms with Gasteiger partial charge in [-0.15, -0.1) is 5.10 Å². The summed E-state index contributed by atoms with van der Waals surface area (Å²) < 4.78 is 52.1. The van der Waals surface area contributed by atoms with E-state index in [1.165, 1.54) is 15.6 Å². The van der Waals surface area contributed by atoms with Crippen LogP contribution in [-0.4, -0.2) is 70.4 Å². The van der Waals surface area contributed by atoms with Crippen molar-refractivity contribution in [2.45, 2.75) is 50.2 Å². The minimum Gasteiger partial charge on any atom is -0.497 e. The van der Waals surface area contributed by atoms with Gasteiger partial charge in [-0.2, -0.15) is 4.31 Å². The average Bonchev–Trinajstić information content (AvgIpc) is 3.88. The molecule has 0 radical (unpaired) electrons. The number of amides is 1. The number of rotatable bonds is 16. The van der Waals surface area contributed by atoms with Crippen LogP contribution in [0.3, 0.4) is 0 Å². The van der Waals surface area contributed by atoms with Crippen LogP contribution in [0, 0.1) is 5.92 Å². The number of nitrogens with zero attached hydrogens (tertiary/aromatic N) is 6. The van der Waals surface area contributed by atoms with Crippen LogP contribution in [0.4, 0.5) is 9.93 Å². The Kier molecular flexibility index (Phi) is 11.8. The SMILES string of the molecule is COc1ccc(CN(Cc2ccc(OC)cc2)S(=O)(=O)c2c(CC3CCC3)ccc(-c3cccc4sc(NC(=O)O)nc34)c2-c2nnnn2Cc2ccc(OC)cc2)cc1. The van der Waals surface area contributed by atoms with Gasteiger partial charge in [-0.1, -0.05) is 91.3 Å². The average molecular weight is 846 g/mol. The second-order valence-electron chi connectivity index (χ2n) is 14.6. The number of hydrogen-bond donors (Lipinski definition) is 2. The first-order valence-corrected chi connectivity index (χ1v) is 21.6. The summed E-state index contributed by atoms with van der Waals surface area (Å²) in [6.45, 7) is 0.328. The number of carbonyl (C=O) groups is 1. The number of benzene rings is 5. The van der Waals surface area contributed by atoms with Gasteiger partial charge >= 0.3 is 6.09 Å². The molecular formula is C44H43N7O7S2. The number of carboxylic acid groups (broad SMARTS) is 1. The van der Waals surface area contributed by atoms with Crippen LogP contribution >= 0.6 is 11.3 Å². The zero-order valence-corrected chi connectivity index (χ0v) is 34.9. The molecule has 0 bridgehead atoms. The van der Waals surface area contributed by atoms with Gasteiger partial charge in [-0.25, -0.2) is 22.9 Å². The molecule has 1 aliphatic carbocycles. The number of fused-ring (bicyclic) bond motifs is 1. The fraction of sp³-hybridized carbons (Fsp3) is 0.250. The van der Waals surface area contributed by atoms with Gasteiger partial charge in [0.05, 0.1) is 43.0 Å². The summed E-state index contributed by atoms with van der Waals surface area (Å²) in [5.41, 5.74) is 5.02. The van der Waals surface area contributed by atoms with Gasteiger partial charge in [0.1, 0.15) is 17.2 Å². The van der Waals surface area contributed by atoms with Crippen LogP contribution in [0.1, 0.15) is 41.5 Å². The van der Waals surface area contributed by atoms with Crippen LogP contribution in [0.5, 0.6) is 17.2 Å². The first-order chi connectivity index (χ1) is 29.1. The van der Waals surface area contributed by atoms with Gasteiger partial charge in [-0.05, 0) is 93.0 Å². The summed E-state index contributed by atoms with van der Waals surface area (Å²) in [6.07, 6.45) is 2.36. The lowest BCUT2D eigenvalue weighted by atomic mass is 9.80. The normalized spacial score (nSPS) is 13.0. The van der Waals surface area contributed by atoms with Crippen molar-refractivity contribution < 1.29 is 32.5 Å². The van der Waals surface area contributed by atoms with E-state index in [0.717, 1.165) is 36.0 Å². The molecule has 5 aromatic carbocycles.